The topological polar surface area (TPSA) is 182 Å². The maximum Gasteiger partial charge on any atom is 0.334 e. The number of hydrogen-bond acceptors (Lipinski definition) is 7. The van der Waals surface area contributed by atoms with Crippen LogP contribution in [0.25, 0.3) is 0 Å². The van der Waals surface area contributed by atoms with Crippen LogP contribution in [0.4, 0.5) is 0 Å². The summed E-state index contributed by atoms with van der Waals surface area (Å²) in [4.78, 5) is 30.2. The van der Waals surface area contributed by atoms with Gasteiger partial charge in [0.25, 0.3) is 0 Å². The van der Waals surface area contributed by atoms with Crippen LogP contribution in [0.1, 0.15) is 32.6 Å². The first-order valence-corrected chi connectivity index (χ1v) is 7.42. The average molecular weight is 366 g/mol. The van der Waals surface area contributed by atoms with E-state index in [2.05, 4.69) is 0 Å². The van der Waals surface area contributed by atoms with Crippen molar-refractivity contribution in [1.29, 1.82) is 0 Å². The van der Waals surface area contributed by atoms with Crippen LogP contribution < -0.4 is 0 Å². The standard InChI is InChI=1S/C9H16O6.C6H10O4/c1-7(8(13)14)2-15-6-9(3-10,4-11)5-12;7-5(8)3-1-2-4-6(9)10/h2,10-12H,3-6H2,1H3,(H,13,14);1-4H2,(H,7,8)(H,9,10). The van der Waals surface area contributed by atoms with Gasteiger partial charge in [0.2, 0.25) is 0 Å². The molecule has 10 heteroatoms. The minimum Gasteiger partial charge on any atom is -0.500 e. The third-order valence-corrected chi connectivity index (χ3v) is 3.02. The van der Waals surface area contributed by atoms with Crippen molar-refractivity contribution < 1.29 is 49.8 Å². The summed E-state index contributed by atoms with van der Waals surface area (Å²) < 4.78 is 4.87. The van der Waals surface area contributed by atoms with E-state index in [9.17, 15) is 14.4 Å². The molecule has 10 nitrogen and oxygen atoms in total. The molecule has 0 bridgehead atoms. The van der Waals surface area contributed by atoms with E-state index in [0.717, 1.165) is 6.26 Å². The summed E-state index contributed by atoms with van der Waals surface area (Å²) in [6.07, 6.45) is 2.03. The molecular formula is C15H26O10. The smallest absolute Gasteiger partial charge is 0.334 e. The molecule has 0 amide bonds. The highest BCUT2D eigenvalue weighted by Gasteiger charge is 2.28. The van der Waals surface area contributed by atoms with Crippen molar-refractivity contribution >= 4 is 17.9 Å². The third-order valence-electron chi connectivity index (χ3n) is 3.02. The van der Waals surface area contributed by atoms with Gasteiger partial charge >= 0.3 is 17.9 Å². The lowest BCUT2D eigenvalue weighted by atomic mass is 9.93. The Morgan fingerprint density at radius 1 is 0.880 bits per heavy atom. The van der Waals surface area contributed by atoms with Crippen molar-refractivity contribution in [3.05, 3.63) is 11.8 Å². The normalized spacial score (nSPS) is 11.3. The van der Waals surface area contributed by atoms with Crippen molar-refractivity contribution in [3.63, 3.8) is 0 Å². The molecule has 0 saturated heterocycles. The zero-order valence-corrected chi connectivity index (χ0v) is 14.1. The molecule has 0 aromatic heterocycles. The van der Waals surface area contributed by atoms with Crippen molar-refractivity contribution in [2.75, 3.05) is 26.4 Å². The molecule has 0 aromatic carbocycles. The van der Waals surface area contributed by atoms with Crippen molar-refractivity contribution in [2.24, 2.45) is 5.41 Å². The fourth-order valence-corrected chi connectivity index (χ4v) is 1.23. The van der Waals surface area contributed by atoms with Gasteiger partial charge in [-0.2, -0.15) is 0 Å². The lowest BCUT2D eigenvalue weighted by Gasteiger charge is -2.26. The Morgan fingerprint density at radius 3 is 1.56 bits per heavy atom. The summed E-state index contributed by atoms with van der Waals surface area (Å²) >= 11 is 0. The SMILES string of the molecule is CC(=COCC(CO)(CO)CO)C(=O)O.O=C(O)CCCCC(=O)O. The van der Waals surface area contributed by atoms with E-state index >= 15 is 0 Å². The highest BCUT2D eigenvalue weighted by atomic mass is 16.5. The van der Waals surface area contributed by atoms with E-state index in [0.29, 0.717) is 12.8 Å². The average Bonchev–Trinajstić information content (AvgIpc) is 2.56. The third kappa shape index (κ3) is 13.9. The Bertz CT molecular complexity index is 415. The fourth-order valence-electron chi connectivity index (χ4n) is 1.23. The van der Waals surface area contributed by atoms with Crippen LogP contribution in [-0.4, -0.2) is 75.0 Å². The van der Waals surface area contributed by atoms with Crippen molar-refractivity contribution in [2.45, 2.75) is 32.6 Å². The second-order valence-corrected chi connectivity index (χ2v) is 5.39. The van der Waals surface area contributed by atoms with Gasteiger partial charge in [-0.25, -0.2) is 4.79 Å². The number of rotatable bonds is 12. The number of aliphatic carboxylic acids is 3. The molecule has 0 atom stereocenters. The van der Waals surface area contributed by atoms with E-state index in [1.165, 1.54) is 6.92 Å². The van der Waals surface area contributed by atoms with Crippen LogP contribution in [0.5, 0.6) is 0 Å². The largest absolute Gasteiger partial charge is 0.500 e. The van der Waals surface area contributed by atoms with Gasteiger partial charge in [0.1, 0.15) is 0 Å². The Kier molecular flexibility index (Phi) is 14.2. The first kappa shape index (κ1) is 25.1. The van der Waals surface area contributed by atoms with Crippen molar-refractivity contribution in [1.82, 2.24) is 0 Å². The second-order valence-electron chi connectivity index (χ2n) is 5.39. The molecular weight excluding hydrogens is 340 g/mol. The van der Waals surface area contributed by atoms with Gasteiger partial charge in [-0.05, 0) is 19.8 Å². The predicted octanol–water partition coefficient (Wildman–Crippen LogP) is -0.329. The number of carbonyl (C=O) groups is 3. The molecule has 0 unspecified atom stereocenters. The Morgan fingerprint density at radius 2 is 1.28 bits per heavy atom. The minimum atomic E-state index is -1.14. The van der Waals surface area contributed by atoms with Crippen molar-refractivity contribution in [3.8, 4) is 0 Å². The molecule has 0 radical (unpaired) electrons. The summed E-state index contributed by atoms with van der Waals surface area (Å²) in [6.45, 7) is -0.137. The lowest BCUT2D eigenvalue weighted by Crippen LogP contribution is -2.38. The van der Waals surface area contributed by atoms with Crippen LogP contribution in [0.2, 0.25) is 0 Å². The van der Waals surface area contributed by atoms with Gasteiger partial charge < -0.3 is 35.4 Å². The minimum absolute atomic E-state index is 0.00211. The van der Waals surface area contributed by atoms with E-state index in [-0.39, 0.29) is 25.0 Å². The summed E-state index contributed by atoms with van der Waals surface area (Å²) in [5.74, 6) is -2.85. The zero-order chi connectivity index (χ0) is 19.9. The number of carboxylic acid groups (broad SMARTS) is 3. The second kappa shape index (κ2) is 14.2. The Balaban J connectivity index is 0. The lowest BCUT2D eigenvalue weighted by molar-refractivity contribution is -0.139. The molecule has 6 N–H and O–H groups in total. The zero-order valence-electron chi connectivity index (χ0n) is 14.1. The Labute approximate surface area is 145 Å². The summed E-state index contributed by atoms with van der Waals surface area (Å²) in [5.41, 5.74) is -1.15. The summed E-state index contributed by atoms with van der Waals surface area (Å²) in [6, 6.07) is 0. The summed E-state index contributed by atoms with van der Waals surface area (Å²) in [7, 11) is 0. The molecule has 0 saturated carbocycles. The number of aliphatic hydroxyl groups excluding tert-OH is 3. The molecule has 0 rings (SSSR count). The first-order valence-electron chi connectivity index (χ1n) is 7.42. The van der Waals surface area contributed by atoms with Crippen LogP contribution in [0, 0.1) is 5.41 Å². The monoisotopic (exact) mass is 366 g/mol. The quantitative estimate of drug-likeness (QED) is 0.152. The van der Waals surface area contributed by atoms with Gasteiger partial charge in [-0.15, -0.1) is 0 Å². The number of hydrogen-bond donors (Lipinski definition) is 6. The predicted molar refractivity (Wildman–Crippen MR) is 84.8 cm³/mol. The van der Waals surface area contributed by atoms with Gasteiger partial charge in [0.15, 0.2) is 0 Å². The van der Waals surface area contributed by atoms with Gasteiger partial charge in [-0.3, -0.25) is 9.59 Å². The molecule has 0 aliphatic rings. The number of aliphatic hydroxyl groups is 3. The molecule has 0 aliphatic heterocycles. The van der Waals surface area contributed by atoms with Gasteiger partial charge in [-0.1, -0.05) is 0 Å². The van der Waals surface area contributed by atoms with Crippen LogP contribution in [0.15, 0.2) is 11.8 Å². The molecule has 0 aliphatic carbocycles. The van der Waals surface area contributed by atoms with E-state index in [1.807, 2.05) is 0 Å². The summed E-state index contributed by atoms with van der Waals surface area (Å²) in [5, 5.41) is 51.5. The van der Waals surface area contributed by atoms with E-state index in [4.69, 9.17) is 35.4 Å². The molecule has 0 spiro atoms. The Hall–Kier alpha value is -2.17. The molecule has 0 aromatic rings. The van der Waals surface area contributed by atoms with Crippen LogP contribution in [-0.2, 0) is 19.1 Å². The number of carboxylic acids is 3. The maximum absolute atomic E-state index is 10.4. The van der Waals surface area contributed by atoms with Crippen LogP contribution in [0.3, 0.4) is 0 Å². The highest BCUT2D eigenvalue weighted by molar-refractivity contribution is 5.85. The fraction of sp³-hybridized carbons (Fsp3) is 0.667. The van der Waals surface area contributed by atoms with E-state index in [1.54, 1.807) is 0 Å². The molecule has 25 heavy (non-hydrogen) atoms. The van der Waals surface area contributed by atoms with Crippen LogP contribution >= 0.6 is 0 Å². The molecule has 0 heterocycles. The highest BCUT2D eigenvalue weighted by Crippen LogP contribution is 2.15. The number of ether oxygens (including phenoxy) is 1. The first-order chi connectivity index (χ1) is 11.6. The number of unbranched alkanes of at least 4 members (excludes halogenated alkanes) is 1. The molecule has 0 fully saturated rings. The van der Waals surface area contributed by atoms with Gasteiger partial charge in [0, 0.05) is 12.8 Å². The van der Waals surface area contributed by atoms with E-state index < -0.39 is 43.1 Å². The van der Waals surface area contributed by atoms with Gasteiger partial charge in [0.05, 0.1) is 43.7 Å². The maximum atomic E-state index is 10.4. The molecule has 146 valence electrons.